The Bertz CT molecular complexity index is 307. The Morgan fingerprint density at radius 2 is 1.75 bits per heavy atom. The van der Waals surface area contributed by atoms with Crippen molar-refractivity contribution in [3.8, 4) is 0 Å². The molecule has 2 N–H and O–H groups in total. The van der Waals surface area contributed by atoms with Gasteiger partial charge in [-0.3, -0.25) is 9.80 Å². The van der Waals surface area contributed by atoms with E-state index in [0.717, 1.165) is 18.0 Å². The lowest BCUT2D eigenvalue weighted by molar-refractivity contribution is 0.00528. The highest BCUT2D eigenvalue weighted by Crippen LogP contribution is 2.28. The molecule has 3 rings (SSSR count). The van der Waals surface area contributed by atoms with Crippen LogP contribution in [0, 0.1) is 5.92 Å². The Morgan fingerprint density at radius 3 is 2.65 bits per heavy atom. The Morgan fingerprint density at radius 1 is 0.950 bits per heavy atom. The largest absolute Gasteiger partial charge is 0.327 e. The van der Waals surface area contributed by atoms with Crippen molar-refractivity contribution in [2.45, 2.75) is 76.4 Å². The SMILES string of the molecule is CC1CN2CCCCC2CN1CC1CCCCCC1N. The molecule has 116 valence electrons. The molecule has 3 nitrogen and oxygen atoms in total. The minimum absolute atomic E-state index is 0.453. The monoisotopic (exact) mass is 279 g/mol. The first-order valence-electron chi connectivity index (χ1n) is 8.97. The third-order valence-corrected chi connectivity index (χ3v) is 6.00. The van der Waals surface area contributed by atoms with Gasteiger partial charge in [0.25, 0.3) is 0 Å². The van der Waals surface area contributed by atoms with Crippen molar-refractivity contribution in [1.82, 2.24) is 9.80 Å². The molecule has 4 atom stereocenters. The van der Waals surface area contributed by atoms with Crippen LogP contribution in [0.3, 0.4) is 0 Å². The van der Waals surface area contributed by atoms with E-state index >= 15 is 0 Å². The van der Waals surface area contributed by atoms with Crippen LogP contribution in [0.4, 0.5) is 0 Å². The molecule has 0 aromatic rings. The van der Waals surface area contributed by atoms with Gasteiger partial charge in [-0.05, 0) is 45.1 Å². The van der Waals surface area contributed by atoms with E-state index in [0.29, 0.717) is 6.04 Å². The molecule has 0 amide bonds. The third-order valence-electron chi connectivity index (χ3n) is 6.00. The molecule has 0 bridgehead atoms. The smallest absolute Gasteiger partial charge is 0.0223 e. The fraction of sp³-hybridized carbons (Fsp3) is 1.00. The molecular weight excluding hydrogens is 246 g/mol. The first-order valence-corrected chi connectivity index (χ1v) is 8.97. The maximum atomic E-state index is 6.44. The fourth-order valence-electron chi connectivity index (χ4n) is 4.61. The average molecular weight is 279 g/mol. The molecule has 0 aromatic carbocycles. The van der Waals surface area contributed by atoms with Gasteiger partial charge in [0.1, 0.15) is 0 Å². The van der Waals surface area contributed by atoms with Crippen molar-refractivity contribution in [2.75, 3.05) is 26.2 Å². The molecule has 0 spiro atoms. The van der Waals surface area contributed by atoms with Gasteiger partial charge in [-0.25, -0.2) is 0 Å². The van der Waals surface area contributed by atoms with E-state index in [1.165, 1.54) is 77.5 Å². The van der Waals surface area contributed by atoms with Gasteiger partial charge in [0, 0.05) is 37.8 Å². The van der Waals surface area contributed by atoms with Crippen LogP contribution >= 0.6 is 0 Å². The predicted octanol–water partition coefficient (Wildman–Crippen LogP) is 2.45. The second kappa shape index (κ2) is 6.76. The Kier molecular flexibility index (Phi) is 5.00. The van der Waals surface area contributed by atoms with Crippen molar-refractivity contribution in [1.29, 1.82) is 0 Å². The maximum Gasteiger partial charge on any atom is 0.0223 e. The second-order valence-corrected chi connectivity index (χ2v) is 7.51. The molecule has 3 fully saturated rings. The van der Waals surface area contributed by atoms with Crippen molar-refractivity contribution >= 4 is 0 Å². The lowest BCUT2D eigenvalue weighted by atomic mass is 9.92. The molecule has 2 saturated heterocycles. The molecule has 20 heavy (non-hydrogen) atoms. The molecular formula is C17H33N3. The summed E-state index contributed by atoms with van der Waals surface area (Å²) < 4.78 is 0. The summed E-state index contributed by atoms with van der Waals surface area (Å²) in [6, 6.07) is 2.01. The first-order chi connectivity index (χ1) is 9.74. The van der Waals surface area contributed by atoms with Gasteiger partial charge in [0.05, 0.1) is 0 Å². The van der Waals surface area contributed by atoms with Crippen molar-refractivity contribution in [3.05, 3.63) is 0 Å². The van der Waals surface area contributed by atoms with Gasteiger partial charge in [-0.2, -0.15) is 0 Å². The van der Waals surface area contributed by atoms with E-state index in [9.17, 15) is 0 Å². The van der Waals surface area contributed by atoms with Crippen molar-refractivity contribution < 1.29 is 0 Å². The zero-order valence-electron chi connectivity index (χ0n) is 13.3. The highest BCUT2D eigenvalue weighted by Gasteiger charge is 2.34. The number of hydrogen-bond donors (Lipinski definition) is 1. The van der Waals surface area contributed by atoms with Gasteiger partial charge >= 0.3 is 0 Å². The van der Waals surface area contributed by atoms with E-state index in [4.69, 9.17) is 5.73 Å². The van der Waals surface area contributed by atoms with E-state index in [-0.39, 0.29) is 0 Å². The molecule has 1 saturated carbocycles. The molecule has 0 aromatic heterocycles. The van der Waals surface area contributed by atoms with Crippen LogP contribution in [0.25, 0.3) is 0 Å². The van der Waals surface area contributed by atoms with Gasteiger partial charge in [-0.15, -0.1) is 0 Å². The minimum Gasteiger partial charge on any atom is -0.327 e. The number of piperazine rings is 1. The van der Waals surface area contributed by atoms with Crippen LogP contribution < -0.4 is 5.73 Å². The number of fused-ring (bicyclic) bond motifs is 1. The fourth-order valence-corrected chi connectivity index (χ4v) is 4.61. The standard InChI is InChI=1S/C17H33N3/c1-14-11-19-10-6-5-8-16(19)13-20(14)12-15-7-3-2-4-9-17(15)18/h14-17H,2-13,18H2,1H3. The number of rotatable bonds is 2. The van der Waals surface area contributed by atoms with Crippen LogP contribution in [0.15, 0.2) is 0 Å². The lowest BCUT2D eigenvalue weighted by Gasteiger charge is -2.48. The Hall–Kier alpha value is -0.120. The topological polar surface area (TPSA) is 32.5 Å². The van der Waals surface area contributed by atoms with Crippen LogP contribution in [0.2, 0.25) is 0 Å². The van der Waals surface area contributed by atoms with Crippen LogP contribution in [0.1, 0.15) is 58.3 Å². The zero-order valence-corrected chi connectivity index (χ0v) is 13.3. The van der Waals surface area contributed by atoms with E-state index in [1.54, 1.807) is 0 Å². The van der Waals surface area contributed by atoms with Crippen molar-refractivity contribution in [3.63, 3.8) is 0 Å². The molecule has 1 aliphatic carbocycles. The number of nitrogens with two attached hydrogens (primary N) is 1. The molecule has 2 aliphatic heterocycles. The number of piperidine rings is 1. The van der Waals surface area contributed by atoms with E-state index in [2.05, 4.69) is 16.7 Å². The predicted molar refractivity (Wildman–Crippen MR) is 84.8 cm³/mol. The first kappa shape index (κ1) is 14.8. The zero-order chi connectivity index (χ0) is 13.9. The normalized spacial score (nSPS) is 41.1. The summed E-state index contributed by atoms with van der Waals surface area (Å²) in [5, 5.41) is 0. The van der Waals surface area contributed by atoms with Crippen LogP contribution in [0.5, 0.6) is 0 Å². The van der Waals surface area contributed by atoms with Gasteiger partial charge in [0.15, 0.2) is 0 Å². The Labute approximate surface area is 124 Å². The molecule has 4 unspecified atom stereocenters. The maximum absolute atomic E-state index is 6.44. The molecule has 0 radical (unpaired) electrons. The van der Waals surface area contributed by atoms with Gasteiger partial charge in [0.2, 0.25) is 0 Å². The summed E-state index contributed by atoms with van der Waals surface area (Å²) in [5.74, 6) is 0.745. The van der Waals surface area contributed by atoms with Gasteiger partial charge in [-0.1, -0.05) is 25.7 Å². The number of hydrogen-bond acceptors (Lipinski definition) is 3. The summed E-state index contributed by atoms with van der Waals surface area (Å²) in [5.41, 5.74) is 6.44. The molecule has 3 aliphatic rings. The van der Waals surface area contributed by atoms with Crippen LogP contribution in [-0.4, -0.2) is 54.1 Å². The summed E-state index contributed by atoms with van der Waals surface area (Å²) >= 11 is 0. The summed E-state index contributed by atoms with van der Waals surface area (Å²) in [6.07, 6.45) is 11.0. The quantitative estimate of drug-likeness (QED) is 0.788. The average Bonchev–Trinajstić information content (AvgIpc) is 2.65. The summed E-state index contributed by atoms with van der Waals surface area (Å²) in [4.78, 5) is 5.51. The Balaban J connectivity index is 1.58. The highest BCUT2D eigenvalue weighted by molar-refractivity contribution is 4.91. The van der Waals surface area contributed by atoms with E-state index in [1.807, 2.05) is 0 Å². The number of nitrogens with zero attached hydrogens (tertiary/aromatic N) is 2. The minimum atomic E-state index is 0.453. The third kappa shape index (κ3) is 3.37. The van der Waals surface area contributed by atoms with E-state index < -0.39 is 0 Å². The van der Waals surface area contributed by atoms with Crippen LogP contribution in [-0.2, 0) is 0 Å². The molecule has 3 heteroatoms. The summed E-state index contributed by atoms with van der Waals surface area (Å²) in [7, 11) is 0. The van der Waals surface area contributed by atoms with Crippen molar-refractivity contribution in [2.24, 2.45) is 11.7 Å². The van der Waals surface area contributed by atoms with Gasteiger partial charge < -0.3 is 5.73 Å². The second-order valence-electron chi connectivity index (χ2n) is 7.51. The summed E-state index contributed by atoms with van der Waals surface area (Å²) in [6.45, 7) is 7.60. The highest BCUT2D eigenvalue weighted by atomic mass is 15.3. The lowest BCUT2D eigenvalue weighted by Crippen LogP contribution is -2.59. The molecule has 2 heterocycles.